The molecule has 2 aromatic rings. The van der Waals surface area contributed by atoms with Gasteiger partial charge >= 0.3 is 0 Å². The summed E-state index contributed by atoms with van der Waals surface area (Å²) >= 11 is 0. The van der Waals surface area contributed by atoms with Crippen molar-refractivity contribution in [2.24, 2.45) is 5.16 Å². The molecule has 0 aromatic heterocycles. The van der Waals surface area contributed by atoms with Crippen molar-refractivity contribution in [2.45, 2.75) is 6.42 Å². The van der Waals surface area contributed by atoms with Gasteiger partial charge in [-0.2, -0.15) is 0 Å². The Hall–Kier alpha value is -2.35. The first-order valence-corrected chi connectivity index (χ1v) is 5.81. The molecule has 0 aliphatic carbocycles. The zero-order chi connectivity index (χ0) is 12.8. The maximum atomic E-state index is 9.12. The lowest BCUT2D eigenvalue weighted by molar-refractivity contribution is 0.318. The third-order valence-electron chi connectivity index (χ3n) is 2.79. The van der Waals surface area contributed by atoms with E-state index in [4.69, 9.17) is 5.21 Å². The van der Waals surface area contributed by atoms with E-state index in [0.29, 0.717) is 12.1 Å². The van der Waals surface area contributed by atoms with Crippen molar-refractivity contribution in [1.29, 1.82) is 0 Å². The molecule has 0 aliphatic rings. The largest absolute Gasteiger partial charge is 0.411 e. The number of allylic oxidation sites excluding steroid dienone is 1. The van der Waals surface area contributed by atoms with Crippen LogP contribution in [0.5, 0.6) is 0 Å². The van der Waals surface area contributed by atoms with Gasteiger partial charge in [0.15, 0.2) is 0 Å². The highest BCUT2D eigenvalue weighted by Gasteiger charge is 2.07. The predicted octanol–water partition coefficient (Wildman–Crippen LogP) is 3.97. The van der Waals surface area contributed by atoms with E-state index in [0.717, 1.165) is 16.7 Å². The molecular weight excluding hydrogens is 222 g/mol. The summed E-state index contributed by atoms with van der Waals surface area (Å²) in [4.78, 5) is 0. The summed E-state index contributed by atoms with van der Waals surface area (Å²) in [5, 5.41) is 12.5. The number of oxime groups is 1. The van der Waals surface area contributed by atoms with Crippen molar-refractivity contribution in [1.82, 2.24) is 0 Å². The van der Waals surface area contributed by atoms with E-state index in [9.17, 15) is 0 Å². The number of rotatable bonds is 4. The standard InChI is InChI=1S/C16H15NO/c1-13(14-8-4-2-5-9-14)12-16(17-18)15-10-6-3-7-11-15/h2-11,18H,1,12H2. The molecule has 90 valence electrons. The molecule has 2 heteroatoms. The van der Waals surface area contributed by atoms with Crippen LogP contribution in [0.25, 0.3) is 5.57 Å². The fraction of sp³-hybridized carbons (Fsp3) is 0.0625. The third kappa shape index (κ3) is 2.86. The molecule has 0 unspecified atom stereocenters. The molecular formula is C16H15NO. The highest BCUT2D eigenvalue weighted by Crippen LogP contribution is 2.18. The topological polar surface area (TPSA) is 32.6 Å². The highest BCUT2D eigenvalue weighted by molar-refractivity contribution is 6.05. The normalized spacial score (nSPS) is 11.2. The van der Waals surface area contributed by atoms with Gasteiger partial charge in [0.2, 0.25) is 0 Å². The van der Waals surface area contributed by atoms with E-state index in [1.807, 2.05) is 60.7 Å². The zero-order valence-corrected chi connectivity index (χ0v) is 10.1. The van der Waals surface area contributed by atoms with E-state index in [2.05, 4.69) is 11.7 Å². The van der Waals surface area contributed by atoms with Gasteiger partial charge in [-0.15, -0.1) is 0 Å². The molecule has 0 aliphatic heterocycles. The van der Waals surface area contributed by atoms with Gasteiger partial charge in [-0.1, -0.05) is 72.4 Å². The first-order chi connectivity index (χ1) is 8.81. The summed E-state index contributed by atoms with van der Waals surface area (Å²) in [5.74, 6) is 0. The van der Waals surface area contributed by atoms with Gasteiger partial charge in [0.05, 0.1) is 5.71 Å². The maximum absolute atomic E-state index is 9.12. The molecule has 0 amide bonds. The summed E-state index contributed by atoms with van der Waals surface area (Å²) in [6.45, 7) is 4.05. The van der Waals surface area contributed by atoms with Crippen LogP contribution in [0.2, 0.25) is 0 Å². The van der Waals surface area contributed by atoms with Crippen LogP contribution in [-0.2, 0) is 0 Å². The summed E-state index contributed by atoms with van der Waals surface area (Å²) in [7, 11) is 0. The SMILES string of the molecule is C=C(CC(=NO)c1ccccc1)c1ccccc1. The minimum atomic E-state index is 0.532. The zero-order valence-electron chi connectivity index (χ0n) is 10.1. The Kier molecular flexibility index (Phi) is 3.92. The van der Waals surface area contributed by atoms with Crippen LogP contribution in [0.3, 0.4) is 0 Å². The van der Waals surface area contributed by atoms with Gasteiger partial charge < -0.3 is 5.21 Å². The van der Waals surface area contributed by atoms with E-state index >= 15 is 0 Å². The smallest absolute Gasteiger partial charge is 0.0911 e. The van der Waals surface area contributed by atoms with Crippen LogP contribution >= 0.6 is 0 Å². The molecule has 1 N–H and O–H groups in total. The van der Waals surface area contributed by atoms with Crippen LogP contribution in [0, 0.1) is 0 Å². The summed E-state index contributed by atoms with van der Waals surface area (Å²) in [6, 6.07) is 19.5. The fourth-order valence-electron chi connectivity index (χ4n) is 1.80. The Morgan fingerprint density at radius 2 is 1.39 bits per heavy atom. The van der Waals surface area contributed by atoms with Gasteiger partial charge in [-0.05, 0) is 16.7 Å². The molecule has 0 heterocycles. The number of benzene rings is 2. The second-order valence-electron chi connectivity index (χ2n) is 4.06. The first kappa shape index (κ1) is 12.1. The van der Waals surface area contributed by atoms with Crippen LogP contribution in [0.1, 0.15) is 17.5 Å². The molecule has 0 fully saturated rings. The van der Waals surface area contributed by atoms with Crippen molar-refractivity contribution >= 4 is 11.3 Å². The van der Waals surface area contributed by atoms with Crippen molar-refractivity contribution in [3.05, 3.63) is 78.4 Å². The molecule has 0 atom stereocenters. The molecule has 2 aromatic carbocycles. The Balaban J connectivity index is 2.16. The molecule has 0 saturated heterocycles. The Morgan fingerprint density at radius 1 is 0.889 bits per heavy atom. The highest BCUT2D eigenvalue weighted by atomic mass is 16.4. The summed E-state index contributed by atoms with van der Waals surface area (Å²) in [6.07, 6.45) is 0.532. The average molecular weight is 237 g/mol. The monoisotopic (exact) mass is 237 g/mol. The van der Waals surface area contributed by atoms with Gasteiger partial charge in [-0.25, -0.2) is 0 Å². The second kappa shape index (κ2) is 5.82. The molecule has 2 rings (SSSR count). The Bertz CT molecular complexity index is 544. The average Bonchev–Trinajstić information content (AvgIpc) is 2.46. The summed E-state index contributed by atoms with van der Waals surface area (Å²) in [5.41, 5.74) is 3.54. The van der Waals surface area contributed by atoms with Crippen LogP contribution < -0.4 is 0 Å². The third-order valence-corrected chi connectivity index (χ3v) is 2.79. The molecule has 18 heavy (non-hydrogen) atoms. The minimum absolute atomic E-state index is 0.532. The second-order valence-corrected chi connectivity index (χ2v) is 4.06. The molecule has 0 radical (unpaired) electrons. The number of hydrogen-bond acceptors (Lipinski definition) is 2. The maximum Gasteiger partial charge on any atom is 0.0911 e. The van der Waals surface area contributed by atoms with Crippen LogP contribution in [0.4, 0.5) is 0 Å². The van der Waals surface area contributed by atoms with Crippen LogP contribution in [-0.4, -0.2) is 10.9 Å². The van der Waals surface area contributed by atoms with Crippen molar-refractivity contribution in [3.8, 4) is 0 Å². The molecule has 0 spiro atoms. The van der Waals surface area contributed by atoms with Crippen LogP contribution in [0.15, 0.2) is 72.4 Å². The molecule has 0 bridgehead atoms. The first-order valence-electron chi connectivity index (χ1n) is 5.81. The fourth-order valence-corrected chi connectivity index (χ4v) is 1.80. The van der Waals surface area contributed by atoms with E-state index in [1.165, 1.54) is 0 Å². The lowest BCUT2D eigenvalue weighted by Gasteiger charge is -2.07. The summed E-state index contributed by atoms with van der Waals surface area (Å²) < 4.78 is 0. The van der Waals surface area contributed by atoms with Gasteiger partial charge in [0, 0.05) is 6.42 Å². The van der Waals surface area contributed by atoms with Crippen molar-refractivity contribution in [2.75, 3.05) is 0 Å². The van der Waals surface area contributed by atoms with E-state index in [1.54, 1.807) is 0 Å². The Labute approximate surface area is 107 Å². The lowest BCUT2D eigenvalue weighted by Crippen LogP contribution is -2.02. The number of nitrogens with zero attached hydrogens (tertiary/aromatic N) is 1. The minimum Gasteiger partial charge on any atom is -0.411 e. The van der Waals surface area contributed by atoms with Gasteiger partial charge in [-0.3, -0.25) is 0 Å². The lowest BCUT2D eigenvalue weighted by atomic mass is 9.98. The van der Waals surface area contributed by atoms with Crippen molar-refractivity contribution < 1.29 is 5.21 Å². The van der Waals surface area contributed by atoms with Gasteiger partial charge in [0.25, 0.3) is 0 Å². The predicted molar refractivity (Wildman–Crippen MR) is 74.9 cm³/mol. The van der Waals surface area contributed by atoms with E-state index in [-0.39, 0.29) is 0 Å². The molecule has 0 saturated carbocycles. The quantitative estimate of drug-likeness (QED) is 0.487. The Morgan fingerprint density at radius 3 is 1.89 bits per heavy atom. The van der Waals surface area contributed by atoms with Crippen molar-refractivity contribution in [3.63, 3.8) is 0 Å². The molecule has 2 nitrogen and oxygen atoms in total. The van der Waals surface area contributed by atoms with Gasteiger partial charge in [0.1, 0.15) is 0 Å². The van der Waals surface area contributed by atoms with E-state index < -0.39 is 0 Å². The number of hydrogen-bond donors (Lipinski definition) is 1.